The maximum Gasteiger partial charge on any atom is 0.140 e. The van der Waals surface area contributed by atoms with Crippen LogP contribution in [0.3, 0.4) is 0 Å². The van der Waals surface area contributed by atoms with Crippen molar-refractivity contribution in [3.63, 3.8) is 0 Å². The third-order valence-electron chi connectivity index (χ3n) is 4.17. The van der Waals surface area contributed by atoms with E-state index in [4.69, 9.17) is 11.6 Å². The van der Waals surface area contributed by atoms with Crippen LogP contribution in [-0.4, -0.2) is 57.8 Å². The number of rotatable bonds is 3. The fourth-order valence-corrected chi connectivity index (χ4v) is 3.45. The van der Waals surface area contributed by atoms with Crippen molar-refractivity contribution >= 4 is 28.3 Å². The average molecular weight is 335 g/mol. The second kappa shape index (κ2) is 6.23. The van der Waals surface area contributed by atoms with E-state index in [1.54, 1.807) is 6.33 Å². The molecule has 3 rings (SSSR count). The standard InChI is InChI=1S/C17H23ClN4O/c1-12-9-21(10-17(2,3)23)6-7-22(12)16-14-5-4-13(18)8-15(14)19-11-20-16/h4-5,8,11-12,23H,6-7,9-10H2,1-3H3. The van der Waals surface area contributed by atoms with Gasteiger partial charge in [0, 0.05) is 42.6 Å². The number of nitrogens with zero attached hydrogens (tertiary/aromatic N) is 4. The van der Waals surface area contributed by atoms with E-state index in [0.29, 0.717) is 17.6 Å². The van der Waals surface area contributed by atoms with Crippen molar-refractivity contribution in [2.24, 2.45) is 0 Å². The number of hydrogen-bond donors (Lipinski definition) is 1. The summed E-state index contributed by atoms with van der Waals surface area (Å²) in [5.74, 6) is 0.960. The molecule has 0 radical (unpaired) electrons. The third kappa shape index (κ3) is 3.74. The van der Waals surface area contributed by atoms with Crippen molar-refractivity contribution in [2.75, 3.05) is 31.1 Å². The molecule has 124 valence electrons. The summed E-state index contributed by atoms with van der Waals surface area (Å²) in [6, 6.07) is 6.06. The van der Waals surface area contributed by atoms with Gasteiger partial charge in [-0.15, -0.1) is 0 Å². The molecule has 1 atom stereocenters. The smallest absolute Gasteiger partial charge is 0.140 e. The molecule has 0 spiro atoms. The molecule has 1 unspecified atom stereocenters. The Morgan fingerprint density at radius 2 is 2.09 bits per heavy atom. The predicted octanol–water partition coefficient (Wildman–Crippen LogP) is 2.56. The second-order valence-corrected chi connectivity index (χ2v) is 7.39. The van der Waals surface area contributed by atoms with Crippen molar-refractivity contribution in [1.82, 2.24) is 14.9 Å². The Kier molecular flexibility index (Phi) is 4.45. The number of benzene rings is 1. The first kappa shape index (κ1) is 16.4. The summed E-state index contributed by atoms with van der Waals surface area (Å²) in [4.78, 5) is 13.5. The first-order valence-corrected chi connectivity index (χ1v) is 8.33. The highest BCUT2D eigenvalue weighted by Gasteiger charge is 2.28. The number of anilines is 1. The molecular weight excluding hydrogens is 312 g/mol. The molecule has 2 heterocycles. The van der Waals surface area contributed by atoms with E-state index < -0.39 is 5.60 Å². The largest absolute Gasteiger partial charge is 0.389 e. The van der Waals surface area contributed by atoms with Gasteiger partial charge in [0.25, 0.3) is 0 Å². The summed E-state index contributed by atoms with van der Waals surface area (Å²) >= 11 is 6.06. The number of halogens is 1. The molecule has 1 N–H and O–H groups in total. The van der Waals surface area contributed by atoms with Crippen molar-refractivity contribution in [3.8, 4) is 0 Å². The number of β-amino-alcohol motifs (C(OH)–C–C–N with tert-alkyl or cyclic N) is 1. The van der Waals surface area contributed by atoms with Gasteiger partial charge < -0.3 is 10.0 Å². The lowest BCUT2D eigenvalue weighted by molar-refractivity contribution is 0.0307. The van der Waals surface area contributed by atoms with Crippen LogP contribution < -0.4 is 4.90 Å². The lowest BCUT2D eigenvalue weighted by atomic mass is 10.1. The van der Waals surface area contributed by atoms with Crippen molar-refractivity contribution < 1.29 is 5.11 Å². The first-order valence-electron chi connectivity index (χ1n) is 7.95. The van der Waals surface area contributed by atoms with Crippen LogP contribution in [-0.2, 0) is 0 Å². The Balaban J connectivity index is 1.84. The number of aromatic nitrogens is 2. The molecule has 0 bridgehead atoms. The van der Waals surface area contributed by atoms with Crippen molar-refractivity contribution in [2.45, 2.75) is 32.4 Å². The minimum Gasteiger partial charge on any atom is -0.389 e. The van der Waals surface area contributed by atoms with Gasteiger partial charge >= 0.3 is 0 Å². The topological polar surface area (TPSA) is 52.5 Å². The highest BCUT2D eigenvalue weighted by atomic mass is 35.5. The highest BCUT2D eigenvalue weighted by Crippen LogP contribution is 2.28. The first-order chi connectivity index (χ1) is 10.8. The van der Waals surface area contributed by atoms with Gasteiger partial charge in [0.1, 0.15) is 12.1 Å². The molecule has 1 saturated heterocycles. The predicted molar refractivity (Wildman–Crippen MR) is 94.1 cm³/mol. The summed E-state index contributed by atoms with van der Waals surface area (Å²) in [7, 11) is 0. The molecule has 1 aliphatic heterocycles. The van der Waals surface area contributed by atoms with Gasteiger partial charge in [-0.2, -0.15) is 0 Å². The van der Waals surface area contributed by atoms with Gasteiger partial charge in [-0.05, 0) is 39.0 Å². The van der Waals surface area contributed by atoms with Crippen LogP contribution >= 0.6 is 11.6 Å². The molecule has 0 aliphatic carbocycles. The Morgan fingerprint density at radius 1 is 1.30 bits per heavy atom. The summed E-state index contributed by atoms with van der Waals surface area (Å²) in [6.45, 7) is 9.28. The summed E-state index contributed by atoms with van der Waals surface area (Å²) in [5.41, 5.74) is 0.203. The van der Waals surface area contributed by atoms with Crippen LogP contribution in [0.4, 0.5) is 5.82 Å². The summed E-state index contributed by atoms with van der Waals surface area (Å²) in [6.07, 6.45) is 1.60. The van der Waals surface area contributed by atoms with Crippen molar-refractivity contribution in [1.29, 1.82) is 0 Å². The van der Waals surface area contributed by atoms with E-state index in [0.717, 1.165) is 36.4 Å². The molecule has 1 fully saturated rings. The molecular formula is C17H23ClN4O. The maximum atomic E-state index is 10.0. The zero-order chi connectivity index (χ0) is 16.6. The SMILES string of the molecule is CC1CN(CC(C)(C)O)CCN1c1ncnc2cc(Cl)ccc12. The van der Waals surface area contributed by atoms with E-state index in [2.05, 4.69) is 26.7 Å². The van der Waals surface area contributed by atoms with E-state index in [9.17, 15) is 5.11 Å². The zero-order valence-corrected chi connectivity index (χ0v) is 14.6. The lowest BCUT2D eigenvalue weighted by Crippen LogP contribution is -2.55. The number of aliphatic hydroxyl groups is 1. The minimum atomic E-state index is -0.666. The maximum absolute atomic E-state index is 10.0. The van der Waals surface area contributed by atoms with Gasteiger partial charge in [-0.25, -0.2) is 9.97 Å². The molecule has 1 aromatic carbocycles. The minimum absolute atomic E-state index is 0.319. The molecule has 2 aromatic rings. The number of piperazine rings is 1. The monoisotopic (exact) mass is 334 g/mol. The quantitative estimate of drug-likeness (QED) is 0.935. The van der Waals surface area contributed by atoms with E-state index >= 15 is 0 Å². The second-order valence-electron chi connectivity index (χ2n) is 6.95. The molecule has 0 amide bonds. The fraction of sp³-hybridized carbons (Fsp3) is 0.529. The summed E-state index contributed by atoms with van der Waals surface area (Å²) in [5, 5.41) is 11.7. The zero-order valence-electron chi connectivity index (χ0n) is 13.8. The summed E-state index contributed by atoms with van der Waals surface area (Å²) < 4.78 is 0. The van der Waals surface area contributed by atoms with E-state index in [1.165, 1.54) is 0 Å². The highest BCUT2D eigenvalue weighted by molar-refractivity contribution is 6.31. The van der Waals surface area contributed by atoms with Crippen LogP contribution in [0.2, 0.25) is 5.02 Å². The average Bonchev–Trinajstić information content (AvgIpc) is 2.45. The van der Waals surface area contributed by atoms with Gasteiger partial charge in [-0.1, -0.05) is 11.6 Å². The van der Waals surface area contributed by atoms with Crippen LogP contribution in [0.15, 0.2) is 24.5 Å². The third-order valence-corrected chi connectivity index (χ3v) is 4.41. The fourth-order valence-electron chi connectivity index (χ4n) is 3.28. The lowest BCUT2D eigenvalue weighted by Gasteiger charge is -2.42. The Labute approximate surface area is 141 Å². The van der Waals surface area contributed by atoms with Gasteiger partial charge in [-0.3, -0.25) is 4.90 Å². The van der Waals surface area contributed by atoms with Gasteiger partial charge in [0.2, 0.25) is 0 Å². The van der Waals surface area contributed by atoms with Crippen LogP contribution in [0.5, 0.6) is 0 Å². The Hall–Kier alpha value is -1.43. The Bertz CT molecular complexity index is 701. The molecule has 1 aromatic heterocycles. The van der Waals surface area contributed by atoms with E-state index in [-0.39, 0.29) is 0 Å². The van der Waals surface area contributed by atoms with E-state index in [1.807, 2.05) is 32.0 Å². The van der Waals surface area contributed by atoms with Crippen LogP contribution in [0, 0.1) is 0 Å². The molecule has 1 aliphatic rings. The molecule has 23 heavy (non-hydrogen) atoms. The molecule has 6 heteroatoms. The van der Waals surface area contributed by atoms with Crippen LogP contribution in [0.1, 0.15) is 20.8 Å². The normalized spacial score (nSPS) is 20.2. The van der Waals surface area contributed by atoms with Gasteiger partial charge in [0.15, 0.2) is 0 Å². The van der Waals surface area contributed by atoms with Crippen molar-refractivity contribution in [3.05, 3.63) is 29.5 Å². The molecule has 0 saturated carbocycles. The number of fused-ring (bicyclic) bond motifs is 1. The van der Waals surface area contributed by atoms with Gasteiger partial charge in [0.05, 0.1) is 11.1 Å². The Morgan fingerprint density at radius 3 is 2.78 bits per heavy atom. The molecule has 5 nitrogen and oxygen atoms in total. The van der Waals surface area contributed by atoms with Crippen LogP contribution in [0.25, 0.3) is 10.9 Å². The number of hydrogen-bond acceptors (Lipinski definition) is 5.